The fourth-order valence-corrected chi connectivity index (χ4v) is 1.21. The highest BCUT2D eigenvalue weighted by Gasteiger charge is 2.15. The van der Waals surface area contributed by atoms with Crippen LogP contribution < -0.4 is 0 Å². The van der Waals surface area contributed by atoms with Crippen LogP contribution in [0.4, 0.5) is 0 Å². The Bertz CT molecular complexity index is 276. The van der Waals surface area contributed by atoms with Gasteiger partial charge in [-0.05, 0) is 12.5 Å². The normalized spacial score (nSPS) is 15.0. The molecule has 2 unspecified atom stereocenters. The van der Waals surface area contributed by atoms with Gasteiger partial charge in [-0.15, -0.1) is 0 Å². The number of hydrogen-bond donors (Lipinski definition) is 1. The molecule has 1 aromatic carbocycles. The summed E-state index contributed by atoms with van der Waals surface area (Å²) in [5.74, 6) is 0.113. The summed E-state index contributed by atoms with van der Waals surface area (Å²) in [7, 11) is 0. The quantitative estimate of drug-likeness (QED) is 0.702. The van der Waals surface area contributed by atoms with E-state index < -0.39 is 6.10 Å². The van der Waals surface area contributed by atoms with E-state index in [9.17, 15) is 5.11 Å². The summed E-state index contributed by atoms with van der Waals surface area (Å²) in [5, 5.41) is 9.90. The molecule has 0 spiro atoms. The molecular weight excluding hydrogens is 160 g/mol. The molecule has 1 nitrogen and oxygen atoms in total. The summed E-state index contributed by atoms with van der Waals surface area (Å²) in [5.41, 5.74) is 1.97. The van der Waals surface area contributed by atoms with Gasteiger partial charge in [0.15, 0.2) is 0 Å². The van der Waals surface area contributed by atoms with Gasteiger partial charge < -0.3 is 5.11 Å². The van der Waals surface area contributed by atoms with Crippen molar-refractivity contribution in [2.45, 2.75) is 20.0 Å². The Morgan fingerprint density at radius 3 is 2.31 bits per heavy atom. The highest BCUT2D eigenvalue weighted by molar-refractivity contribution is 5.20. The third-order valence-electron chi connectivity index (χ3n) is 2.39. The van der Waals surface area contributed by atoms with Crippen LogP contribution in [0, 0.1) is 5.92 Å². The van der Waals surface area contributed by atoms with Gasteiger partial charge in [0, 0.05) is 5.92 Å². The minimum absolute atomic E-state index is 0.113. The molecule has 0 heterocycles. The Hall–Kier alpha value is -1.08. The van der Waals surface area contributed by atoms with Crippen LogP contribution in [0.25, 0.3) is 0 Å². The lowest BCUT2D eigenvalue weighted by Gasteiger charge is -2.18. The van der Waals surface area contributed by atoms with Crippen LogP contribution in [0.1, 0.15) is 25.5 Å². The molecule has 1 aromatic rings. The average Bonchev–Trinajstić information content (AvgIpc) is 2.17. The summed E-state index contributed by atoms with van der Waals surface area (Å²) < 4.78 is 0. The maximum atomic E-state index is 9.90. The smallest absolute Gasteiger partial charge is 0.0852 e. The number of aliphatic hydroxyl groups excluding tert-OH is 1. The largest absolute Gasteiger partial charge is 0.388 e. The highest BCUT2D eigenvalue weighted by atomic mass is 16.3. The van der Waals surface area contributed by atoms with Gasteiger partial charge in [-0.25, -0.2) is 0 Å². The lowest BCUT2D eigenvalue weighted by atomic mass is 9.92. The fourth-order valence-electron chi connectivity index (χ4n) is 1.21. The standard InChI is InChI=1S/C12H16O/c1-9(2)10(3)12(13)11-7-5-4-6-8-11/h4-8,10,12-13H,1H2,2-3H3. The van der Waals surface area contributed by atoms with Gasteiger partial charge >= 0.3 is 0 Å². The van der Waals surface area contributed by atoms with Crippen molar-refractivity contribution in [3.63, 3.8) is 0 Å². The van der Waals surface area contributed by atoms with Gasteiger partial charge in [0.1, 0.15) is 0 Å². The Morgan fingerprint density at radius 2 is 1.85 bits per heavy atom. The van der Waals surface area contributed by atoms with Crippen LogP contribution in [0.2, 0.25) is 0 Å². The average molecular weight is 176 g/mol. The van der Waals surface area contributed by atoms with Crippen molar-refractivity contribution >= 4 is 0 Å². The maximum absolute atomic E-state index is 9.90. The second-order valence-electron chi connectivity index (χ2n) is 3.49. The first-order valence-corrected chi connectivity index (χ1v) is 4.51. The molecule has 0 fully saturated rings. The Morgan fingerprint density at radius 1 is 1.31 bits per heavy atom. The molecule has 0 saturated carbocycles. The van der Waals surface area contributed by atoms with E-state index in [0.29, 0.717) is 0 Å². The van der Waals surface area contributed by atoms with Crippen molar-refractivity contribution in [1.29, 1.82) is 0 Å². The molecule has 0 aliphatic heterocycles. The van der Waals surface area contributed by atoms with E-state index in [1.165, 1.54) is 0 Å². The van der Waals surface area contributed by atoms with Crippen LogP contribution in [-0.2, 0) is 0 Å². The van der Waals surface area contributed by atoms with E-state index in [-0.39, 0.29) is 5.92 Å². The topological polar surface area (TPSA) is 20.2 Å². The summed E-state index contributed by atoms with van der Waals surface area (Å²) in [6, 6.07) is 9.68. The first-order valence-electron chi connectivity index (χ1n) is 4.51. The van der Waals surface area contributed by atoms with Crippen molar-refractivity contribution in [1.82, 2.24) is 0 Å². The molecular formula is C12H16O. The first-order chi connectivity index (χ1) is 6.13. The third kappa shape index (κ3) is 2.43. The SMILES string of the molecule is C=C(C)C(C)C(O)c1ccccc1. The molecule has 0 bridgehead atoms. The minimum Gasteiger partial charge on any atom is -0.388 e. The molecule has 0 radical (unpaired) electrons. The van der Waals surface area contributed by atoms with Crippen molar-refractivity contribution in [3.8, 4) is 0 Å². The summed E-state index contributed by atoms with van der Waals surface area (Å²) in [6.45, 7) is 7.77. The first kappa shape index (κ1) is 10.0. The van der Waals surface area contributed by atoms with Crippen LogP contribution in [0.3, 0.4) is 0 Å². The molecule has 70 valence electrons. The third-order valence-corrected chi connectivity index (χ3v) is 2.39. The lowest BCUT2D eigenvalue weighted by Crippen LogP contribution is -2.09. The molecule has 0 saturated heterocycles. The Balaban J connectivity index is 2.79. The molecule has 13 heavy (non-hydrogen) atoms. The van der Waals surface area contributed by atoms with Crippen molar-refractivity contribution in [2.75, 3.05) is 0 Å². The number of aliphatic hydroxyl groups is 1. The van der Waals surface area contributed by atoms with Crippen molar-refractivity contribution in [2.24, 2.45) is 5.92 Å². The summed E-state index contributed by atoms with van der Waals surface area (Å²) in [4.78, 5) is 0. The van der Waals surface area contributed by atoms with E-state index in [1.54, 1.807) is 0 Å². The van der Waals surface area contributed by atoms with Crippen molar-refractivity contribution < 1.29 is 5.11 Å². The summed E-state index contributed by atoms with van der Waals surface area (Å²) in [6.07, 6.45) is -0.432. The highest BCUT2D eigenvalue weighted by Crippen LogP contribution is 2.25. The van der Waals surface area contributed by atoms with Crippen LogP contribution >= 0.6 is 0 Å². The minimum atomic E-state index is -0.432. The molecule has 1 N–H and O–H groups in total. The van der Waals surface area contributed by atoms with Gasteiger partial charge in [0.25, 0.3) is 0 Å². The molecule has 1 heteroatoms. The second kappa shape index (κ2) is 4.24. The zero-order valence-corrected chi connectivity index (χ0v) is 8.20. The zero-order chi connectivity index (χ0) is 9.84. The van der Waals surface area contributed by atoms with E-state index in [1.807, 2.05) is 44.2 Å². The monoisotopic (exact) mass is 176 g/mol. The number of benzene rings is 1. The van der Waals surface area contributed by atoms with Gasteiger partial charge in [0.2, 0.25) is 0 Å². The predicted octanol–water partition coefficient (Wildman–Crippen LogP) is 2.93. The van der Waals surface area contributed by atoms with Crippen LogP contribution in [0.15, 0.2) is 42.5 Å². The van der Waals surface area contributed by atoms with Crippen LogP contribution in [0.5, 0.6) is 0 Å². The van der Waals surface area contributed by atoms with Crippen LogP contribution in [-0.4, -0.2) is 5.11 Å². The van der Waals surface area contributed by atoms with Gasteiger partial charge in [-0.1, -0.05) is 49.4 Å². The van der Waals surface area contributed by atoms with E-state index in [0.717, 1.165) is 11.1 Å². The fraction of sp³-hybridized carbons (Fsp3) is 0.333. The zero-order valence-electron chi connectivity index (χ0n) is 8.20. The Kier molecular flexibility index (Phi) is 3.26. The Labute approximate surface area is 79.7 Å². The lowest BCUT2D eigenvalue weighted by molar-refractivity contribution is 0.135. The van der Waals surface area contributed by atoms with Gasteiger partial charge in [-0.2, -0.15) is 0 Å². The molecule has 0 aliphatic rings. The van der Waals surface area contributed by atoms with E-state index >= 15 is 0 Å². The van der Waals surface area contributed by atoms with E-state index in [2.05, 4.69) is 6.58 Å². The molecule has 0 amide bonds. The summed E-state index contributed by atoms with van der Waals surface area (Å²) >= 11 is 0. The number of rotatable bonds is 3. The molecule has 1 rings (SSSR count). The maximum Gasteiger partial charge on any atom is 0.0852 e. The van der Waals surface area contributed by atoms with Crippen molar-refractivity contribution in [3.05, 3.63) is 48.0 Å². The number of hydrogen-bond acceptors (Lipinski definition) is 1. The second-order valence-corrected chi connectivity index (χ2v) is 3.49. The molecule has 0 aliphatic carbocycles. The van der Waals surface area contributed by atoms with E-state index in [4.69, 9.17) is 0 Å². The van der Waals surface area contributed by atoms with Gasteiger partial charge in [0.05, 0.1) is 6.10 Å². The molecule has 0 aromatic heterocycles. The van der Waals surface area contributed by atoms with Gasteiger partial charge in [-0.3, -0.25) is 0 Å². The molecule has 2 atom stereocenters. The predicted molar refractivity (Wildman–Crippen MR) is 55.4 cm³/mol.